The number of nitrogens with zero attached hydrogens (tertiary/aromatic N) is 2. The highest BCUT2D eigenvalue weighted by atomic mass is 16.5. The molecule has 0 fully saturated rings. The average Bonchev–Trinajstić information content (AvgIpc) is 2.43. The molecule has 2 aromatic rings. The number of H-pyrrole nitrogens is 1. The summed E-state index contributed by atoms with van der Waals surface area (Å²) in [5.41, 5.74) is 7.23. The molecule has 0 saturated carbocycles. The van der Waals surface area contributed by atoms with Crippen LogP contribution in [0.4, 0.5) is 5.69 Å². The number of aromatic amines is 1. The predicted octanol–water partition coefficient (Wildman–Crippen LogP) is 0.748. The molecule has 20 heavy (non-hydrogen) atoms. The zero-order chi connectivity index (χ0) is 14.5. The average molecular weight is 276 g/mol. The molecule has 106 valence electrons. The lowest BCUT2D eigenvalue weighted by atomic mass is 10.2. The van der Waals surface area contributed by atoms with Gasteiger partial charge in [0.1, 0.15) is 12.4 Å². The van der Waals surface area contributed by atoms with Crippen LogP contribution in [0.2, 0.25) is 0 Å². The number of rotatable bonds is 5. The molecule has 0 amide bonds. The Morgan fingerprint density at radius 2 is 2.20 bits per heavy atom. The molecule has 0 spiro atoms. The normalized spacial score (nSPS) is 10.5. The number of nitrogens with one attached hydrogen (secondary N) is 1. The smallest absolute Gasteiger partial charge is 0.251 e. The molecular weight excluding hydrogens is 260 g/mol. The number of hydrogen-bond donors (Lipinski definition) is 2. The molecule has 0 unspecified atom stereocenters. The summed E-state index contributed by atoms with van der Waals surface area (Å²) >= 11 is 0. The van der Waals surface area contributed by atoms with Crippen molar-refractivity contribution in [2.24, 2.45) is 0 Å². The Labute approximate surface area is 115 Å². The summed E-state index contributed by atoms with van der Waals surface area (Å²) in [7, 11) is 1.58. The standard InChI is InChI=1S/C13H16N4O3/c1-8-10(14)7-16-13(17-8)9-6-15-12(18)5-11(9)20-4-3-19-2/h5-7H,3-4,14H2,1-2H3,(H,15,18). The van der Waals surface area contributed by atoms with Crippen molar-refractivity contribution in [3.05, 3.63) is 34.5 Å². The van der Waals surface area contributed by atoms with Crippen molar-refractivity contribution in [2.45, 2.75) is 6.92 Å². The minimum absolute atomic E-state index is 0.256. The summed E-state index contributed by atoms with van der Waals surface area (Å²) in [4.78, 5) is 22.4. The van der Waals surface area contributed by atoms with Crippen molar-refractivity contribution in [1.82, 2.24) is 15.0 Å². The molecule has 0 atom stereocenters. The maximum absolute atomic E-state index is 11.4. The van der Waals surface area contributed by atoms with Gasteiger partial charge in [-0.1, -0.05) is 0 Å². The topological polar surface area (TPSA) is 103 Å². The van der Waals surface area contributed by atoms with Gasteiger partial charge in [0, 0.05) is 19.4 Å². The second-order valence-corrected chi connectivity index (χ2v) is 4.15. The number of anilines is 1. The van der Waals surface area contributed by atoms with Crippen LogP contribution in [0.25, 0.3) is 11.4 Å². The van der Waals surface area contributed by atoms with E-state index in [1.54, 1.807) is 14.0 Å². The fourth-order valence-electron chi connectivity index (χ4n) is 1.59. The SMILES string of the molecule is COCCOc1cc(=O)[nH]cc1-c1ncc(N)c(C)n1. The van der Waals surface area contributed by atoms with Crippen molar-refractivity contribution in [3.63, 3.8) is 0 Å². The number of nitrogen functional groups attached to an aromatic ring is 1. The first-order valence-electron chi connectivity index (χ1n) is 6.05. The molecule has 0 bridgehead atoms. The zero-order valence-corrected chi connectivity index (χ0v) is 11.3. The van der Waals surface area contributed by atoms with Crippen LogP contribution >= 0.6 is 0 Å². The van der Waals surface area contributed by atoms with Gasteiger partial charge in [-0.05, 0) is 6.92 Å². The molecule has 0 radical (unpaired) electrons. The highest BCUT2D eigenvalue weighted by Gasteiger charge is 2.11. The molecule has 7 heteroatoms. The van der Waals surface area contributed by atoms with E-state index < -0.39 is 0 Å². The van der Waals surface area contributed by atoms with E-state index in [4.69, 9.17) is 15.2 Å². The van der Waals surface area contributed by atoms with E-state index >= 15 is 0 Å². The molecule has 0 aromatic carbocycles. The Balaban J connectivity index is 2.39. The number of aryl methyl sites for hydroxylation is 1. The third-order valence-corrected chi connectivity index (χ3v) is 2.69. The lowest BCUT2D eigenvalue weighted by Gasteiger charge is -2.10. The Morgan fingerprint density at radius 3 is 2.90 bits per heavy atom. The minimum Gasteiger partial charge on any atom is -0.490 e. The zero-order valence-electron chi connectivity index (χ0n) is 11.3. The maximum atomic E-state index is 11.4. The van der Waals surface area contributed by atoms with Gasteiger partial charge < -0.3 is 20.2 Å². The van der Waals surface area contributed by atoms with Crippen LogP contribution in [0.15, 0.2) is 23.3 Å². The summed E-state index contributed by atoms with van der Waals surface area (Å²) in [6.45, 7) is 2.55. The number of methoxy groups -OCH3 is 1. The van der Waals surface area contributed by atoms with Crippen LogP contribution in [-0.2, 0) is 4.74 Å². The lowest BCUT2D eigenvalue weighted by Crippen LogP contribution is -2.10. The van der Waals surface area contributed by atoms with E-state index in [1.807, 2.05) is 0 Å². The molecule has 7 nitrogen and oxygen atoms in total. The Bertz CT molecular complexity index is 654. The first kappa shape index (κ1) is 14.0. The molecule has 2 aromatic heterocycles. The van der Waals surface area contributed by atoms with Gasteiger partial charge in [0.15, 0.2) is 5.82 Å². The quantitative estimate of drug-likeness (QED) is 0.781. The van der Waals surface area contributed by atoms with E-state index in [-0.39, 0.29) is 5.56 Å². The fraction of sp³-hybridized carbons (Fsp3) is 0.308. The summed E-state index contributed by atoms with van der Waals surface area (Å²) in [5, 5.41) is 0. The highest BCUT2D eigenvalue weighted by molar-refractivity contribution is 5.63. The number of hydrogen-bond acceptors (Lipinski definition) is 6. The molecule has 2 heterocycles. The van der Waals surface area contributed by atoms with Gasteiger partial charge in [-0.25, -0.2) is 9.97 Å². The van der Waals surface area contributed by atoms with Crippen LogP contribution in [0.3, 0.4) is 0 Å². The summed E-state index contributed by atoms with van der Waals surface area (Å²) in [6, 6.07) is 1.36. The largest absolute Gasteiger partial charge is 0.490 e. The van der Waals surface area contributed by atoms with Crippen molar-refractivity contribution in [3.8, 4) is 17.1 Å². The second kappa shape index (κ2) is 6.16. The van der Waals surface area contributed by atoms with E-state index in [1.165, 1.54) is 18.5 Å². The Kier molecular flexibility index (Phi) is 4.31. The van der Waals surface area contributed by atoms with Crippen molar-refractivity contribution < 1.29 is 9.47 Å². The fourth-order valence-corrected chi connectivity index (χ4v) is 1.59. The first-order chi connectivity index (χ1) is 9.61. The molecule has 0 aliphatic rings. The number of aromatic nitrogens is 3. The second-order valence-electron chi connectivity index (χ2n) is 4.15. The molecule has 0 aliphatic carbocycles. The van der Waals surface area contributed by atoms with Gasteiger partial charge in [-0.15, -0.1) is 0 Å². The highest BCUT2D eigenvalue weighted by Crippen LogP contribution is 2.25. The van der Waals surface area contributed by atoms with Crippen LogP contribution in [0.5, 0.6) is 5.75 Å². The third kappa shape index (κ3) is 3.12. The van der Waals surface area contributed by atoms with Gasteiger partial charge >= 0.3 is 0 Å². The van der Waals surface area contributed by atoms with Gasteiger partial charge in [0.05, 0.1) is 29.7 Å². The van der Waals surface area contributed by atoms with E-state index in [0.717, 1.165) is 0 Å². The van der Waals surface area contributed by atoms with Crippen molar-refractivity contribution >= 4 is 5.69 Å². The predicted molar refractivity (Wildman–Crippen MR) is 74.6 cm³/mol. The molecule has 0 aliphatic heterocycles. The summed E-state index contributed by atoms with van der Waals surface area (Å²) < 4.78 is 10.4. The number of ether oxygens (including phenoxy) is 2. The number of pyridine rings is 1. The number of nitrogens with two attached hydrogens (primary N) is 1. The summed E-state index contributed by atoms with van der Waals surface area (Å²) in [6.07, 6.45) is 3.05. The van der Waals surface area contributed by atoms with Crippen LogP contribution in [0.1, 0.15) is 5.69 Å². The van der Waals surface area contributed by atoms with Gasteiger partial charge in [-0.3, -0.25) is 4.79 Å². The molecule has 0 saturated heterocycles. The summed E-state index contributed by atoms with van der Waals surface area (Å²) in [5.74, 6) is 0.857. The van der Waals surface area contributed by atoms with Crippen molar-refractivity contribution in [1.29, 1.82) is 0 Å². The van der Waals surface area contributed by atoms with Gasteiger partial charge in [-0.2, -0.15) is 0 Å². The van der Waals surface area contributed by atoms with Crippen LogP contribution < -0.4 is 16.0 Å². The van der Waals surface area contributed by atoms with Crippen molar-refractivity contribution in [2.75, 3.05) is 26.1 Å². The van der Waals surface area contributed by atoms with E-state index in [0.29, 0.717) is 41.7 Å². The first-order valence-corrected chi connectivity index (χ1v) is 6.05. The molecular formula is C13H16N4O3. The lowest BCUT2D eigenvalue weighted by molar-refractivity contribution is 0.146. The monoisotopic (exact) mass is 276 g/mol. The Morgan fingerprint density at radius 1 is 1.40 bits per heavy atom. The van der Waals surface area contributed by atoms with Gasteiger partial charge in [0.2, 0.25) is 0 Å². The van der Waals surface area contributed by atoms with Crippen LogP contribution in [0, 0.1) is 6.92 Å². The Hall–Kier alpha value is -2.41. The molecule has 2 rings (SSSR count). The maximum Gasteiger partial charge on any atom is 0.251 e. The van der Waals surface area contributed by atoms with Gasteiger partial charge in [0.25, 0.3) is 5.56 Å². The third-order valence-electron chi connectivity index (χ3n) is 2.69. The molecule has 3 N–H and O–H groups in total. The van der Waals surface area contributed by atoms with Crippen LogP contribution in [-0.4, -0.2) is 35.3 Å². The van der Waals surface area contributed by atoms with E-state index in [9.17, 15) is 4.79 Å². The minimum atomic E-state index is -0.256. The van der Waals surface area contributed by atoms with E-state index in [2.05, 4.69) is 15.0 Å².